The molecule has 0 aliphatic heterocycles. The van der Waals surface area contributed by atoms with E-state index in [9.17, 15) is 4.79 Å². The smallest absolute Gasteiger partial charge is 0.224 e. The average Bonchev–Trinajstić information content (AvgIpc) is 3.25. The third kappa shape index (κ3) is 2.56. The molecule has 0 spiro atoms. The van der Waals surface area contributed by atoms with Crippen LogP contribution in [0.15, 0.2) is 12.3 Å². The van der Waals surface area contributed by atoms with Crippen molar-refractivity contribution in [3.63, 3.8) is 0 Å². The van der Waals surface area contributed by atoms with E-state index < -0.39 is 0 Å². The number of H-pyrrole nitrogens is 1. The van der Waals surface area contributed by atoms with Gasteiger partial charge in [-0.05, 0) is 18.4 Å². The molecule has 0 saturated heterocycles. The van der Waals surface area contributed by atoms with Crippen LogP contribution in [0.5, 0.6) is 17.2 Å². The molecule has 1 aliphatic carbocycles. The first-order chi connectivity index (χ1) is 10.7. The lowest BCUT2D eigenvalue weighted by atomic mass is 10.1. The zero-order chi connectivity index (χ0) is 15.7. The van der Waals surface area contributed by atoms with Gasteiger partial charge in [0.2, 0.25) is 11.7 Å². The number of hydrogen-bond acceptors (Lipinski definition) is 4. The molecule has 6 heteroatoms. The Balaban J connectivity index is 2.02. The van der Waals surface area contributed by atoms with Crippen LogP contribution >= 0.6 is 0 Å². The van der Waals surface area contributed by atoms with Crippen molar-refractivity contribution in [2.24, 2.45) is 0 Å². The highest BCUT2D eigenvalue weighted by Crippen LogP contribution is 2.44. The highest BCUT2D eigenvalue weighted by atomic mass is 16.5. The van der Waals surface area contributed by atoms with Gasteiger partial charge >= 0.3 is 0 Å². The third-order valence-electron chi connectivity index (χ3n) is 3.85. The van der Waals surface area contributed by atoms with Gasteiger partial charge < -0.3 is 24.5 Å². The van der Waals surface area contributed by atoms with E-state index in [1.165, 1.54) is 0 Å². The second-order valence-electron chi connectivity index (χ2n) is 5.40. The summed E-state index contributed by atoms with van der Waals surface area (Å²) in [6, 6.07) is 2.20. The number of carbonyl (C=O) groups is 1. The largest absolute Gasteiger partial charge is 0.493 e. The summed E-state index contributed by atoms with van der Waals surface area (Å²) < 4.78 is 16.2. The molecule has 22 heavy (non-hydrogen) atoms. The first-order valence-electron chi connectivity index (χ1n) is 7.26. The molecule has 1 aliphatic rings. The van der Waals surface area contributed by atoms with Gasteiger partial charge in [-0.25, -0.2) is 0 Å². The summed E-state index contributed by atoms with van der Waals surface area (Å²) in [6.07, 6.45) is 4.29. The average molecular weight is 304 g/mol. The van der Waals surface area contributed by atoms with Gasteiger partial charge in [-0.2, -0.15) is 0 Å². The summed E-state index contributed by atoms with van der Waals surface area (Å²) in [5.41, 5.74) is 1.73. The minimum absolute atomic E-state index is 0.0280. The zero-order valence-corrected chi connectivity index (χ0v) is 13.0. The molecule has 0 bridgehead atoms. The SMILES string of the molecule is COc1cc2[nH]cc(CC(=O)NC3CC3)c2c(OC)c1OC. The van der Waals surface area contributed by atoms with E-state index in [0.717, 1.165) is 29.3 Å². The summed E-state index contributed by atoms with van der Waals surface area (Å²) in [4.78, 5) is 15.2. The van der Waals surface area contributed by atoms with Crippen molar-refractivity contribution in [3.8, 4) is 17.2 Å². The molecule has 0 unspecified atom stereocenters. The predicted octanol–water partition coefficient (Wildman–Crippen LogP) is 2.01. The molecule has 0 atom stereocenters. The number of ether oxygens (including phenoxy) is 3. The van der Waals surface area contributed by atoms with Crippen molar-refractivity contribution in [1.82, 2.24) is 10.3 Å². The monoisotopic (exact) mass is 304 g/mol. The molecule has 1 aromatic heterocycles. The van der Waals surface area contributed by atoms with E-state index in [2.05, 4.69) is 10.3 Å². The first-order valence-corrected chi connectivity index (χ1v) is 7.26. The Labute approximate surface area is 128 Å². The van der Waals surface area contributed by atoms with Crippen molar-refractivity contribution >= 4 is 16.8 Å². The number of methoxy groups -OCH3 is 3. The first kappa shape index (κ1) is 14.6. The van der Waals surface area contributed by atoms with E-state index in [1.807, 2.05) is 12.3 Å². The van der Waals surface area contributed by atoms with Crippen LogP contribution in [0, 0.1) is 0 Å². The summed E-state index contributed by atoms with van der Waals surface area (Å²) in [5.74, 6) is 1.72. The highest BCUT2D eigenvalue weighted by molar-refractivity contribution is 5.96. The molecule has 1 fully saturated rings. The number of aromatic amines is 1. The van der Waals surface area contributed by atoms with Gasteiger partial charge in [-0.15, -0.1) is 0 Å². The van der Waals surface area contributed by atoms with Crippen LogP contribution in [0.25, 0.3) is 10.9 Å². The van der Waals surface area contributed by atoms with Gasteiger partial charge in [0, 0.05) is 23.7 Å². The van der Waals surface area contributed by atoms with Gasteiger partial charge in [0.15, 0.2) is 11.5 Å². The van der Waals surface area contributed by atoms with Crippen LogP contribution in [0.1, 0.15) is 18.4 Å². The maximum absolute atomic E-state index is 12.1. The van der Waals surface area contributed by atoms with Crippen molar-refractivity contribution < 1.29 is 19.0 Å². The lowest BCUT2D eigenvalue weighted by Gasteiger charge is -2.14. The second-order valence-corrected chi connectivity index (χ2v) is 5.40. The predicted molar refractivity (Wildman–Crippen MR) is 82.8 cm³/mol. The maximum Gasteiger partial charge on any atom is 0.224 e. The van der Waals surface area contributed by atoms with E-state index >= 15 is 0 Å². The van der Waals surface area contributed by atoms with Crippen LogP contribution in [0.3, 0.4) is 0 Å². The zero-order valence-electron chi connectivity index (χ0n) is 13.0. The van der Waals surface area contributed by atoms with E-state index in [1.54, 1.807) is 21.3 Å². The van der Waals surface area contributed by atoms with Crippen LogP contribution < -0.4 is 19.5 Å². The molecule has 1 heterocycles. The number of fused-ring (bicyclic) bond motifs is 1. The van der Waals surface area contributed by atoms with Crippen molar-refractivity contribution in [2.75, 3.05) is 21.3 Å². The number of rotatable bonds is 6. The van der Waals surface area contributed by atoms with E-state index in [0.29, 0.717) is 29.7 Å². The Kier molecular flexibility index (Phi) is 3.83. The number of nitrogens with one attached hydrogen (secondary N) is 2. The van der Waals surface area contributed by atoms with Crippen molar-refractivity contribution in [2.45, 2.75) is 25.3 Å². The van der Waals surface area contributed by atoms with Crippen molar-refractivity contribution in [1.29, 1.82) is 0 Å². The molecule has 6 nitrogen and oxygen atoms in total. The number of amides is 1. The fourth-order valence-corrected chi connectivity index (χ4v) is 2.64. The van der Waals surface area contributed by atoms with Crippen LogP contribution in [0.2, 0.25) is 0 Å². The molecule has 2 aromatic rings. The normalized spacial score (nSPS) is 14.0. The van der Waals surface area contributed by atoms with E-state index in [-0.39, 0.29) is 5.91 Å². The van der Waals surface area contributed by atoms with Gasteiger partial charge in [0.1, 0.15) is 0 Å². The van der Waals surface area contributed by atoms with E-state index in [4.69, 9.17) is 14.2 Å². The number of benzene rings is 1. The summed E-state index contributed by atoms with van der Waals surface area (Å²) in [7, 11) is 4.73. The lowest BCUT2D eigenvalue weighted by Crippen LogP contribution is -2.26. The molecule has 1 aromatic carbocycles. The number of hydrogen-bond donors (Lipinski definition) is 2. The summed E-state index contributed by atoms with van der Waals surface area (Å²) in [5, 5.41) is 3.85. The van der Waals surface area contributed by atoms with Gasteiger partial charge in [0.05, 0.1) is 33.3 Å². The van der Waals surface area contributed by atoms with Crippen molar-refractivity contribution in [3.05, 3.63) is 17.8 Å². The fourth-order valence-electron chi connectivity index (χ4n) is 2.64. The Morgan fingerprint density at radius 1 is 1.23 bits per heavy atom. The van der Waals surface area contributed by atoms with Crippen LogP contribution in [0.4, 0.5) is 0 Å². The summed E-state index contributed by atoms with van der Waals surface area (Å²) >= 11 is 0. The Morgan fingerprint density at radius 2 is 1.95 bits per heavy atom. The third-order valence-corrected chi connectivity index (χ3v) is 3.85. The number of aromatic nitrogens is 1. The standard InChI is InChI=1S/C16H20N2O4/c1-20-12-7-11-14(16(22-3)15(12)21-2)9(8-17-11)6-13(19)18-10-4-5-10/h7-8,10,17H,4-6H2,1-3H3,(H,18,19). The summed E-state index contributed by atoms with van der Waals surface area (Å²) in [6.45, 7) is 0. The second kappa shape index (κ2) is 5.79. The molecule has 118 valence electrons. The minimum atomic E-state index is 0.0280. The molecular formula is C16H20N2O4. The topological polar surface area (TPSA) is 72.6 Å². The van der Waals surface area contributed by atoms with Gasteiger partial charge in [-0.3, -0.25) is 4.79 Å². The minimum Gasteiger partial charge on any atom is -0.493 e. The Bertz CT molecular complexity index is 704. The molecule has 3 rings (SSSR count). The highest BCUT2D eigenvalue weighted by Gasteiger charge is 2.25. The quantitative estimate of drug-likeness (QED) is 0.856. The lowest BCUT2D eigenvalue weighted by molar-refractivity contribution is -0.120. The van der Waals surface area contributed by atoms with Crippen LogP contribution in [-0.4, -0.2) is 38.3 Å². The molecule has 2 N–H and O–H groups in total. The fraction of sp³-hybridized carbons (Fsp3) is 0.438. The maximum atomic E-state index is 12.1. The molecule has 0 radical (unpaired) electrons. The number of carbonyl (C=O) groups excluding carboxylic acids is 1. The Morgan fingerprint density at radius 3 is 2.55 bits per heavy atom. The van der Waals surface area contributed by atoms with Crippen LogP contribution in [-0.2, 0) is 11.2 Å². The Hall–Kier alpha value is -2.37. The molecular weight excluding hydrogens is 284 g/mol. The van der Waals surface area contributed by atoms with Gasteiger partial charge in [-0.1, -0.05) is 0 Å². The molecule has 1 amide bonds. The molecule has 1 saturated carbocycles. The van der Waals surface area contributed by atoms with Gasteiger partial charge in [0.25, 0.3) is 0 Å².